The third kappa shape index (κ3) is 4.95. The summed E-state index contributed by atoms with van der Waals surface area (Å²) in [5.41, 5.74) is 0.391. The van der Waals surface area contributed by atoms with E-state index in [4.69, 9.17) is 23.7 Å². The van der Waals surface area contributed by atoms with Crippen molar-refractivity contribution in [3.8, 4) is 17.2 Å². The van der Waals surface area contributed by atoms with E-state index < -0.39 is 30.0 Å². The van der Waals surface area contributed by atoms with Crippen LogP contribution >= 0.6 is 0 Å². The number of nitrogens with zero attached hydrogens (tertiary/aromatic N) is 1. The summed E-state index contributed by atoms with van der Waals surface area (Å²) >= 11 is 0. The molecule has 2 N–H and O–H groups in total. The predicted molar refractivity (Wildman–Crippen MR) is 114 cm³/mol. The lowest BCUT2D eigenvalue weighted by molar-refractivity contribution is -0.144. The van der Waals surface area contributed by atoms with Crippen LogP contribution in [0.2, 0.25) is 0 Å². The topological polar surface area (TPSA) is 154 Å². The Hall–Kier alpha value is -4.48. The van der Waals surface area contributed by atoms with Crippen molar-refractivity contribution in [1.29, 1.82) is 0 Å². The van der Waals surface area contributed by atoms with Crippen molar-refractivity contribution in [1.82, 2.24) is 10.2 Å². The first-order valence-corrected chi connectivity index (χ1v) is 9.85. The molecule has 34 heavy (non-hydrogen) atoms. The van der Waals surface area contributed by atoms with Gasteiger partial charge in [-0.1, -0.05) is 0 Å². The molecule has 1 atom stereocenters. The third-order valence-corrected chi connectivity index (χ3v) is 4.76. The minimum absolute atomic E-state index is 0.0265. The van der Waals surface area contributed by atoms with E-state index in [1.807, 2.05) is 0 Å². The van der Waals surface area contributed by atoms with E-state index in [2.05, 4.69) is 10.1 Å². The number of esters is 1. The number of imide groups is 1. The normalized spacial score (nSPS) is 15.2. The summed E-state index contributed by atoms with van der Waals surface area (Å²) in [5.74, 6) is -1.93. The fourth-order valence-electron chi connectivity index (χ4n) is 3.04. The van der Waals surface area contributed by atoms with Crippen LogP contribution in [0, 0.1) is 0 Å². The number of aliphatic carboxylic acids is 1. The van der Waals surface area contributed by atoms with Gasteiger partial charge in [0.15, 0.2) is 17.6 Å². The van der Waals surface area contributed by atoms with Gasteiger partial charge >= 0.3 is 18.0 Å². The van der Waals surface area contributed by atoms with Gasteiger partial charge < -0.3 is 33.8 Å². The molecule has 2 aromatic rings. The number of nitrogens with one attached hydrogen (secondary N) is 1. The number of carboxylic acids is 1. The van der Waals surface area contributed by atoms with Gasteiger partial charge in [0, 0.05) is 0 Å². The molecule has 3 rings (SSSR count). The molecule has 1 fully saturated rings. The van der Waals surface area contributed by atoms with Gasteiger partial charge in [-0.3, -0.25) is 9.69 Å². The first-order chi connectivity index (χ1) is 16.2. The van der Waals surface area contributed by atoms with Crippen LogP contribution in [0.25, 0.3) is 6.08 Å². The van der Waals surface area contributed by atoms with Gasteiger partial charge in [-0.2, -0.15) is 0 Å². The van der Waals surface area contributed by atoms with E-state index >= 15 is 0 Å². The van der Waals surface area contributed by atoms with Gasteiger partial charge in [-0.15, -0.1) is 0 Å². The third-order valence-electron chi connectivity index (χ3n) is 4.76. The molecule has 180 valence electrons. The van der Waals surface area contributed by atoms with Crippen LogP contribution in [0.4, 0.5) is 4.79 Å². The van der Waals surface area contributed by atoms with E-state index in [9.17, 15) is 19.2 Å². The molecule has 0 bridgehead atoms. The number of rotatable bonds is 9. The number of carbonyl (C=O) groups excluding carboxylic acids is 3. The summed E-state index contributed by atoms with van der Waals surface area (Å²) in [6.07, 6.45) is 0.232. The van der Waals surface area contributed by atoms with Crippen LogP contribution in [0.15, 0.2) is 34.4 Å². The fourth-order valence-corrected chi connectivity index (χ4v) is 3.04. The second-order valence-corrected chi connectivity index (χ2v) is 6.99. The molecule has 0 aliphatic carbocycles. The van der Waals surface area contributed by atoms with E-state index in [0.717, 1.165) is 4.90 Å². The highest BCUT2D eigenvalue weighted by Crippen LogP contribution is 2.40. The number of furan rings is 1. The molecule has 1 aliphatic rings. The van der Waals surface area contributed by atoms with Crippen molar-refractivity contribution in [2.75, 3.05) is 21.3 Å². The number of benzene rings is 1. The van der Waals surface area contributed by atoms with Crippen molar-refractivity contribution in [2.45, 2.75) is 19.6 Å². The lowest BCUT2D eigenvalue weighted by Gasteiger charge is -2.17. The molecule has 1 aromatic heterocycles. The Bertz CT molecular complexity index is 1140. The van der Waals surface area contributed by atoms with Gasteiger partial charge in [0.2, 0.25) is 11.5 Å². The molecule has 0 saturated carbocycles. The number of amides is 3. The molecule has 1 aromatic carbocycles. The predicted octanol–water partition coefficient (Wildman–Crippen LogP) is 2.03. The Kier molecular flexibility index (Phi) is 7.09. The van der Waals surface area contributed by atoms with Crippen LogP contribution in [0.1, 0.15) is 28.8 Å². The monoisotopic (exact) mass is 474 g/mol. The minimum atomic E-state index is -1.18. The van der Waals surface area contributed by atoms with Crippen molar-refractivity contribution in [3.05, 3.63) is 47.0 Å². The average Bonchev–Trinajstić information content (AvgIpc) is 3.39. The smallest absolute Gasteiger partial charge is 0.373 e. The molecule has 0 radical (unpaired) electrons. The first-order valence-electron chi connectivity index (χ1n) is 9.85. The molecule has 3 amide bonds. The zero-order valence-corrected chi connectivity index (χ0v) is 18.7. The Labute approximate surface area is 193 Å². The lowest BCUT2D eigenvalue weighted by atomic mass is 10.1. The van der Waals surface area contributed by atoms with Crippen LogP contribution < -0.4 is 19.5 Å². The van der Waals surface area contributed by atoms with E-state index in [-0.39, 0.29) is 41.0 Å². The second kappa shape index (κ2) is 9.98. The zero-order chi connectivity index (χ0) is 25.0. The average molecular weight is 474 g/mol. The maximum absolute atomic E-state index is 12.8. The van der Waals surface area contributed by atoms with Gasteiger partial charge in [-0.25, -0.2) is 14.4 Å². The fraction of sp³-hybridized carbons (Fsp3) is 0.273. The van der Waals surface area contributed by atoms with E-state index in [1.165, 1.54) is 58.6 Å². The van der Waals surface area contributed by atoms with Crippen LogP contribution in [-0.2, 0) is 20.9 Å². The highest BCUT2D eigenvalue weighted by atomic mass is 16.6. The van der Waals surface area contributed by atoms with Gasteiger partial charge in [0.1, 0.15) is 11.5 Å². The maximum Gasteiger partial charge on any atom is 0.373 e. The highest BCUT2D eigenvalue weighted by Gasteiger charge is 2.34. The van der Waals surface area contributed by atoms with Crippen LogP contribution in [0.5, 0.6) is 17.2 Å². The SMILES string of the molecule is COC(=O)c1ccc(CN2C(=O)NC(=Cc3cc(OC)c(OC(C)C(=O)O)c(OC)c3)C2=O)o1. The summed E-state index contributed by atoms with van der Waals surface area (Å²) in [5, 5.41) is 11.6. The Morgan fingerprint density at radius 3 is 2.35 bits per heavy atom. The molecule has 12 nitrogen and oxygen atoms in total. The van der Waals surface area contributed by atoms with E-state index in [0.29, 0.717) is 5.56 Å². The number of carboxylic acid groups (broad SMARTS) is 1. The molecular formula is C22H22N2O10. The van der Waals surface area contributed by atoms with Crippen molar-refractivity contribution in [2.24, 2.45) is 0 Å². The van der Waals surface area contributed by atoms with Gasteiger partial charge in [0.25, 0.3) is 5.91 Å². The molecule has 1 saturated heterocycles. The largest absolute Gasteiger partial charge is 0.493 e. The van der Waals surface area contributed by atoms with Crippen molar-refractivity contribution < 1.29 is 47.6 Å². The molecule has 1 aliphatic heterocycles. The minimum Gasteiger partial charge on any atom is -0.493 e. The number of urea groups is 1. The zero-order valence-electron chi connectivity index (χ0n) is 18.7. The number of hydrogen-bond donors (Lipinski definition) is 2. The molecule has 0 spiro atoms. The van der Waals surface area contributed by atoms with E-state index in [1.54, 1.807) is 0 Å². The Balaban J connectivity index is 1.85. The summed E-state index contributed by atoms with van der Waals surface area (Å²) in [6.45, 7) is 1.15. The Morgan fingerprint density at radius 2 is 1.79 bits per heavy atom. The molecular weight excluding hydrogens is 452 g/mol. The number of ether oxygens (including phenoxy) is 4. The number of methoxy groups -OCH3 is 3. The van der Waals surface area contributed by atoms with Crippen molar-refractivity contribution in [3.63, 3.8) is 0 Å². The number of hydrogen-bond acceptors (Lipinski definition) is 9. The summed E-state index contributed by atoms with van der Waals surface area (Å²) in [4.78, 5) is 48.8. The van der Waals surface area contributed by atoms with Gasteiger partial charge in [-0.05, 0) is 42.8 Å². The molecule has 1 unspecified atom stereocenters. The van der Waals surface area contributed by atoms with Crippen molar-refractivity contribution >= 4 is 30.0 Å². The second-order valence-electron chi connectivity index (χ2n) is 6.99. The summed E-state index contributed by atoms with van der Waals surface area (Å²) < 4.78 is 25.9. The maximum atomic E-state index is 12.8. The molecule has 12 heteroatoms. The summed E-state index contributed by atoms with van der Waals surface area (Å²) in [7, 11) is 3.93. The molecule has 2 heterocycles. The Morgan fingerprint density at radius 1 is 1.15 bits per heavy atom. The first kappa shape index (κ1) is 24.2. The number of carbonyl (C=O) groups is 4. The highest BCUT2D eigenvalue weighted by molar-refractivity contribution is 6.13. The van der Waals surface area contributed by atoms with Crippen LogP contribution in [-0.4, -0.2) is 61.3 Å². The summed E-state index contributed by atoms with van der Waals surface area (Å²) in [6, 6.07) is 5.15. The van der Waals surface area contributed by atoms with Crippen LogP contribution in [0.3, 0.4) is 0 Å². The standard InChI is InChI=1S/C22H22N2O10/c1-11(20(26)27)33-18-16(30-2)8-12(9-17(18)31-3)7-14-19(25)24(22(29)23-14)10-13-5-6-15(34-13)21(28)32-4/h5-9,11H,10H2,1-4H3,(H,23,29)(H,26,27). The van der Waals surface area contributed by atoms with Gasteiger partial charge in [0.05, 0.1) is 27.9 Å². The quantitative estimate of drug-likeness (QED) is 0.313. The lowest BCUT2D eigenvalue weighted by Crippen LogP contribution is -2.30.